The number of hydrogen-bond donors (Lipinski definition) is 0. The molecule has 0 saturated carbocycles. The fraction of sp³-hybridized carbons (Fsp3) is 0.214. The number of fused-ring (bicyclic) bond motifs is 5. The van der Waals surface area contributed by atoms with E-state index in [0.717, 1.165) is 6.42 Å². The number of allylic oxidation sites excluding steroid dienone is 4. The SMILES string of the molecule is CC1=CCC2c3ccccc3C3C(C)=C(C)c4ccccc4[P+]23c2ccccc21. The Hall–Kier alpha value is -2.43. The molecule has 3 heterocycles. The first-order valence-electron chi connectivity index (χ1n) is 10.7. The maximum atomic E-state index is 2.51. The van der Waals surface area contributed by atoms with Crippen LogP contribution in [0, 0.1) is 0 Å². The Labute approximate surface area is 174 Å². The molecule has 0 amide bonds. The van der Waals surface area contributed by atoms with Gasteiger partial charge in [0.2, 0.25) is 0 Å². The minimum Gasteiger partial charge on any atom is -0.0766 e. The van der Waals surface area contributed by atoms with E-state index in [-0.39, 0.29) is 0 Å². The van der Waals surface area contributed by atoms with E-state index in [1.807, 2.05) is 0 Å². The van der Waals surface area contributed by atoms with Crippen LogP contribution in [-0.2, 0) is 0 Å². The molecule has 6 rings (SSSR count). The van der Waals surface area contributed by atoms with Crippen molar-refractivity contribution in [1.82, 2.24) is 0 Å². The van der Waals surface area contributed by atoms with Crippen molar-refractivity contribution < 1.29 is 0 Å². The maximum Gasteiger partial charge on any atom is 0.126 e. The Morgan fingerprint density at radius 2 is 1.28 bits per heavy atom. The summed E-state index contributed by atoms with van der Waals surface area (Å²) in [5, 5.41) is 3.25. The maximum absolute atomic E-state index is 2.51. The highest BCUT2D eigenvalue weighted by molar-refractivity contribution is 7.90. The minimum atomic E-state index is -1.70. The van der Waals surface area contributed by atoms with Crippen molar-refractivity contribution in [3.8, 4) is 0 Å². The lowest BCUT2D eigenvalue weighted by atomic mass is 9.92. The molecular formula is C28H26P+. The Kier molecular flexibility index (Phi) is 3.63. The molecule has 3 aromatic rings. The van der Waals surface area contributed by atoms with Crippen molar-refractivity contribution in [3.63, 3.8) is 0 Å². The molecule has 0 fully saturated rings. The number of benzene rings is 3. The average Bonchev–Trinajstić information content (AvgIpc) is 3.00. The van der Waals surface area contributed by atoms with Crippen molar-refractivity contribution in [3.05, 3.63) is 107 Å². The molecule has 0 saturated heterocycles. The smallest absolute Gasteiger partial charge is 0.0766 e. The first-order valence-corrected chi connectivity index (χ1v) is 12.6. The largest absolute Gasteiger partial charge is 0.126 e. The zero-order valence-corrected chi connectivity index (χ0v) is 18.2. The molecule has 0 radical (unpaired) electrons. The highest BCUT2D eigenvalue weighted by Crippen LogP contribution is 2.86. The van der Waals surface area contributed by atoms with E-state index < -0.39 is 7.26 Å². The zero-order valence-electron chi connectivity index (χ0n) is 17.3. The molecule has 0 aliphatic carbocycles. The van der Waals surface area contributed by atoms with Gasteiger partial charge < -0.3 is 0 Å². The van der Waals surface area contributed by atoms with E-state index in [1.165, 1.54) is 22.3 Å². The molecule has 3 aliphatic rings. The van der Waals surface area contributed by atoms with Crippen LogP contribution < -0.4 is 10.6 Å². The summed E-state index contributed by atoms with van der Waals surface area (Å²) < 4.78 is 0. The predicted molar refractivity (Wildman–Crippen MR) is 128 cm³/mol. The van der Waals surface area contributed by atoms with E-state index in [9.17, 15) is 0 Å². The van der Waals surface area contributed by atoms with Gasteiger partial charge in [0.05, 0.1) is 0 Å². The van der Waals surface area contributed by atoms with Gasteiger partial charge in [-0.15, -0.1) is 0 Å². The van der Waals surface area contributed by atoms with Gasteiger partial charge in [0.25, 0.3) is 0 Å². The summed E-state index contributed by atoms with van der Waals surface area (Å²) in [5.74, 6) is 0. The molecule has 1 heteroatoms. The molecule has 3 aliphatic heterocycles. The van der Waals surface area contributed by atoms with Crippen LogP contribution in [0.5, 0.6) is 0 Å². The fourth-order valence-electron chi connectivity index (χ4n) is 6.32. The molecule has 3 aromatic carbocycles. The Balaban J connectivity index is 1.83. The second kappa shape index (κ2) is 6.04. The van der Waals surface area contributed by atoms with Crippen molar-refractivity contribution in [2.24, 2.45) is 0 Å². The lowest BCUT2D eigenvalue weighted by molar-refractivity contribution is 0.966. The van der Waals surface area contributed by atoms with Gasteiger partial charge in [0, 0.05) is 28.7 Å². The molecule has 0 nitrogen and oxygen atoms in total. The molecule has 3 atom stereocenters. The highest BCUT2D eigenvalue weighted by Gasteiger charge is 2.66. The van der Waals surface area contributed by atoms with Crippen LogP contribution in [0.1, 0.15) is 60.8 Å². The average molecular weight is 393 g/mol. The molecule has 0 aromatic heterocycles. The van der Waals surface area contributed by atoms with E-state index in [1.54, 1.807) is 27.3 Å². The van der Waals surface area contributed by atoms with Gasteiger partial charge in [0.15, 0.2) is 0 Å². The number of hydrogen-bond acceptors (Lipinski definition) is 0. The van der Waals surface area contributed by atoms with Gasteiger partial charge in [0.1, 0.15) is 29.2 Å². The summed E-state index contributed by atoms with van der Waals surface area (Å²) in [6.45, 7) is 7.06. The zero-order chi connectivity index (χ0) is 19.8. The lowest BCUT2D eigenvalue weighted by Crippen LogP contribution is -2.33. The second-order valence-electron chi connectivity index (χ2n) is 8.79. The van der Waals surface area contributed by atoms with Crippen LogP contribution in [0.15, 0.2) is 84.4 Å². The third-order valence-electron chi connectivity index (χ3n) is 7.63. The summed E-state index contributed by atoms with van der Waals surface area (Å²) in [7, 11) is -1.70. The molecule has 0 N–H and O–H groups in total. The Bertz CT molecular complexity index is 1230. The molecule has 29 heavy (non-hydrogen) atoms. The summed E-state index contributed by atoms with van der Waals surface area (Å²) >= 11 is 0. The fourth-order valence-corrected chi connectivity index (χ4v) is 12.7. The van der Waals surface area contributed by atoms with Crippen molar-refractivity contribution in [2.75, 3.05) is 0 Å². The molecule has 142 valence electrons. The number of rotatable bonds is 0. The third kappa shape index (κ3) is 2.03. The van der Waals surface area contributed by atoms with Crippen LogP contribution in [0.4, 0.5) is 0 Å². The van der Waals surface area contributed by atoms with Crippen molar-refractivity contribution in [2.45, 2.75) is 38.5 Å². The summed E-state index contributed by atoms with van der Waals surface area (Å²) in [5.41, 5.74) is 11.7. The molecule has 0 bridgehead atoms. The van der Waals surface area contributed by atoms with Crippen LogP contribution in [0.25, 0.3) is 11.1 Å². The van der Waals surface area contributed by atoms with Crippen LogP contribution in [0.2, 0.25) is 0 Å². The first-order chi connectivity index (χ1) is 14.2. The van der Waals surface area contributed by atoms with E-state index in [4.69, 9.17) is 0 Å². The van der Waals surface area contributed by atoms with Gasteiger partial charge in [-0.25, -0.2) is 0 Å². The Morgan fingerprint density at radius 1 is 0.690 bits per heavy atom. The van der Waals surface area contributed by atoms with E-state index in [0.29, 0.717) is 11.3 Å². The topological polar surface area (TPSA) is 0 Å². The van der Waals surface area contributed by atoms with Crippen molar-refractivity contribution >= 4 is 29.0 Å². The predicted octanol–water partition coefficient (Wildman–Crippen LogP) is 7.07. The lowest BCUT2D eigenvalue weighted by Gasteiger charge is -2.39. The van der Waals surface area contributed by atoms with Gasteiger partial charge >= 0.3 is 0 Å². The summed E-state index contributed by atoms with van der Waals surface area (Å²) in [4.78, 5) is 0. The standard InChI is InChI=1S/C28H26P/c1-18-16-17-27-23-12-4-5-13-24(23)28-20(3)19(2)22-11-7-9-15-26(22)29(27,28)25-14-8-6-10-21(18)25/h4-16,27-28H,17H2,1-3H3/q+1. The van der Waals surface area contributed by atoms with Gasteiger partial charge in [-0.3, -0.25) is 0 Å². The monoisotopic (exact) mass is 393 g/mol. The van der Waals surface area contributed by atoms with Gasteiger partial charge in [-0.1, -0.05) is 66.7 Å². The van der Waals surface area contributed by atoms with Crippen LogP contribution in [0.3, 0.4) is 0 Å². The summed E-state index contributed by atoms with van der Waals surface area (Å²) in [6.07, 6.45) is 3.66. The van der Waals surface area contributed by atoms with E-state index in [2.05, 4.69) is 99.6 Å². The van der Waals surface area contributed by atoms with Crippen molar-refractivity contribution in [1.29, 1.82) is 0 Å². The third-order valence-corrected chi connectivity index (χ3v) is 13.0. The highest BCUT2D eigenvalue weighted by atomic mass is 31.2. The summed E-state index contributed by atoms with van der Waals surface area (Å²) in [6, 6.07) is 28.0. The van der Waals surface area contributed by atoms with Crippen LogP contribution >= 0.6 is 7.26 Å². The normalized spacial score (nSPS) is 26.5. The molecule has 1 spiro atoms. The Morgan fingerprint density at radius 3 is 2.03 bits per heavy atom. The van der Waals surface area contributed by atoms with Crippen LogP contribution in [-0.4, -0.2) is 0 Å². The minimum absolute atomic E-state index is 0.513. The molecule has 3 unspecified atom stereocenters. The quantitative estimate of drug-likeness (QED) is 0.359. The first kappa shape index (κ1) is 17.4. The van der Waals surface area contributed by atoms with Gasteiger partial charge in [-0.05, 0) is 49.6 Å². The van der Waals surface area contributed by atoms with Gasteiger partial charge in [-0.2, -0.15) is 0 Å². The van der Waals surface area contributed by atoms with E-state index >= 15 is 0 Å². The second-order valence-corrected chi connectivity index (χ2v) is 12.4. The molecular weight excluding hydrogens is 367 g/mol.